The van der Waals surface area contributed by atoms with E-state index in [9.17, 15) is 9.59 Å². The van der Waals surface area contributed by atoms with Crippen LogP contribution >= 0.6 is 0 Å². The van der Waals surface area contributed by atoms with E-state index in [4.69, 9.17) is 0 Å². The Morgan fingerprint density at radius 2 is 2.06 bits per heavy atom. The molecule has 0 atom stereocenters. The molecule has 0 aromatic heterocycles. The monoisotopic (exact) mass is 220 g/mol. The SMILES string of the molecule is COC(=O)/C=C/C=C/C#CCCCC(C)=O. The van der Waals surface area contributed by atoms with Crippen LogP contribution in [0.15, 0.2) is 24.3 Å². The lowest BCUT2D eigenvalue weighted by atomic mass is 10.2. The standard InChI is InChI=1S/C13H16O3/c1-12(14)10-8-6-4-3-5-7-9-11-13(15)16-2/h5,7,9,11H,6,8,10H2,1-2H3/b7-5+,11-9+. The zero-order chi connectivity index (χ0) is 12.2. The molecule has 0 aliphatic heterocycles. The minimum atomic E-state index is -0.390. The summed E-state index contributed by atoms with van der Waals surface area (Å²) in [5.41, 5.74) is 0. The molecule has 0 unspecified atom stereocenters. The number of ketones is 1. The van der Waals surface area contributed by atoms with Crippen LogP contribution in [0.3, 0.4) is 0 Å². The van der Waals surface area contributed by atoms with Crippen LogP contribution in [0, 0.1) is 11.8 Å². The number of unbranched alkanes of at least 4 members (excludes halogenated alkanes) is 1. The van der Waals surface area contributed by atoms with Gasteiger partial charge in [0.25, 0.3) is 0 Å². The van der Waals surface area contributed by atoms with E-state index in [0.29, 0.717) is 12.8 Å². The summed E-state index contributed by atoms with van der Waals surface area (Å²) < 4.78 is 4.40. The zero-order valence-corrected chi connectivity index (χ0v) is 9.66. The Balaban J connectivity index is 3.67. The Kier molecular flexibility index (Phi) is 8.62. The number of carbonyl (C=O) groups is 2. The quantitative estimate of drug-likeness (QED) is 0.234. The molecule has 0 radical (unpaired) electrons. The van der Waals surface area contributed by atoms with Gasteiger partial charge in [-0.1, -0.05) is 24.0 Å². The van der Waals surface area contributed by atoms with Crippen LogP contribution in [-0.4, -0.2) is 18.9 Å². The predicted octanol–water partition coefficient (Wildman–Crippen LogP) is 2.03. The molecule has 86 valence electrons. The number of rotatable bonds is 5. The third kappa shape index (κ3) is 10.3. The van der Waals surface area contributed by atoms with Gasteiger partial charge in [-0.3, -0.25) is 0 Å². The van der Waals surface area contributed by atoms with Gasteiger partial charge in [0, 0.05) is 18.9 Å². The zero-order valence-electron chi connectivity index (χ0n) is 9.66. The molecule has 3 nitrogen and oxygen atoms in total. The molecule has 0 fully saturated rings. The topological polar surface area (TPSA) is 43.4 Å². The summed E-state index contributed by atoms with van der Waals surface area (Å²) in [7, 11) is 1.32. The minimum absolute atomic E-state index is 0.193. The molecule has 0 amide bonds. The highest BCUT2D eigenvalue weighted by molar-refractivity contribution is 5.82. The molecule has 0 aliphatic rings. The van der Waals surface area contributed by atoms with Gasteiger partial charge in [-0.15, -0.1) is 0 Å². The summed E-state index contributed by atoms with van der Waals surface area (Å²) in [6.45, 7) is 1.57. The van der Waals surface area contributed by atoms with Crippen LogP contribution in [0.25, 0.3) is 0 Å². The van der Waals surface area contributed by atoms with Crippen molar-refractivity contribution in [3.8, 4) is 11.8 Å². The van der Waals surface area contributed by atoms with Crippen molar-refractivity contribution in [2.24, 2.45) is 0 Å². The first-order valence-corrected chi connectivity index (χ1v) is 5.06. The van der Waals surface area contributed by atoms with E-state index < -0.39 is 0 Å². The second kappa shape index (κ2) is 9.72. The van der Waals surface area contributed by atoms with Crippen molar-refractivity contribution < 1.29 is 14.3 Å². The first-order chi connectivity index (χ1) is 7.66. The van der Waals surface area contributed by atoms with Crippen molar-refractivity contribution in [2.45, 2.75) is 26.2 Å². The van der Waals surface area contributed by atoms with Gasteiger partial charge < -0.3 is 9.53 Å². The van der Waals surface area contributed by atoms with Crippen LogP contribution in [0.2, 0.25) is 0 Å². The smallest absolute Gasteiger partial charge is 0.330 e. The number of hydrogen-bond acceptors (Lipinski definition) is 3. The Bertz CT molecular complexity index is 340. The van der Waals surface area contributed by atoms with E-state index in [2.05, 4.69) is 16.6 Å². The van der Waals surface area contributed by atoms with Crippen LogP contribution in [0.5, 0.6) is 0 Å². The molecular formula is C13H16O3. The van der Waals surface area contributed by atoms with Gasteiger partial charge in [-0.2, -0.15) is 0 Å². The number of allylic oxidation sites excluding steroid dienone is 3. The second-order valence-corrected chi connectivity index (χ2v) is 3.12. The van der Waals surface area contributed by atoms with E-state index in [-0.39, 0.29) is 11.8 Å². The van der Waals surface area contributed by atoms with Gasteiger partial charge in [0.2, 0.25) is 0 Å². The first kappa shape index (κ1) is 14.2. The maximum Gasteiger partial charge on any atom is 0.330 e. The Morgan fingerprint density at radius 3 is 2.69 bits per heavy atom. The van der Waals surface area contributed by atoms with Crippen molar-refractivity contribution in [3.05, 3.63) is 24.3 Å². The van der Waals surface area contributed by atoms with Gasteiger partial charge in [0.05, 0.1) is 7.11 Å². The third-order valence-electron chi connectivity index (χ3n) is 1.66. The average molecular weight is 220 g/mol. The van der Waals surface area contributed by atoms with Gasteiger partial charge in [-0.05, 0) is 19.4 Å². The van der Waals surface area contributed by atoms with E-state index in [1.807, 2.05) is 0 Å². The summed E-state index contributed by atoms with van der Waals surface area (Å²) in [5.74, 6) is 5.51. The molecule has 0 heterocycles. The lowest BCUT2D eigenvalue weighted by molar-refractivity contribution is -0.134. The lowest BCUT2D eigenvalue weighted by Gasteiger charge is -1.87. The maximum absolute atomic E-state index is 10.6. The van der Waals surface area contributed by atoms with Crippen LogP contribution in [0.4, 0.5) is 0 Å². The van der Waals surface area contributed by atoms with Gasteiger partial charge in [-0.25, -0.2) is 4.79 Å². The van der Waals surface area contributed by atoms with Gasteiger partial charge in [0.1, 0.15) is 5.78 Å². The fraction of sp³-hybridized carbons (Fsp3) is 0.385. The molecule has 0 aromatic rings. The number of Topliss-reactive ketones (excluding diaryl/α,β-unsaturated/α-hetero) is 1. The summed E-state index contributed by atoms with van der Waals surface area (Å²) >= 11 is 0. The van der Waals surface area contributed by atoms with E-state index in [1.165, 1.54) is 13.2 Å². The highest BCUT2D eigenvalue weighted by atomic mass is 16.5. The van der Waals surface area contributed by atoms with Crippen molar-refractivity contribution in [3.63, 3.8) is 0 Å². The maximum atomic E-state index is 10.6. The molecule has 0 aromatic carbocycles. The molecule has 0 spiro atoms. The van der Waals surface area contributed by atoms with Gasteiger partial charge in [0.15, 0.2) is 0 Å². The molecule has 0 saturated carbocycles. The van der Waals surface area contributed by atoms with Crippen molar-refractivity contribution in [2.75, 3.05) is 7.11 Å². The summed E-state index contributed by atoms with van der Waals surface area (Å²) in [6, 6.07) is 0. The molecular weight excluding hydrogens is 204 g/mol. The predicted molar refractivity (Wildman–Crippen MR) is 62.6 cm³/mol. The van der Waals surface area contributed by atoms with Crippen LogP contribution in [-0.2, 0) is 14.3 Å². The Hall–Kier alpha value is -1.82. The summed E-state index contributed by atoms with van der Waals surface area (Å²) in [5, 5.41) is 0. The molecule has 3 heteroatoms. The highest BCUT2D eigenvalue weighted by Crippen LogP contribution is 1.93. The molecule has 0 rings (SSSR count). The van der Waals surface area contributed by atoms with Crippen molar-refractivity contribution in [1.82, 2.24) is 0 Å². The third-order valence-corrected chi connectivity index (χ3v) is 1.66. The first-order valence-electron chi connectivity index (χ1n) is 5.06. The Morgan fingerprint density at radius 1 is 1.31 bits per heavy atom. The van der Waals surface area contributed by atoms with Crippen LogP contribution < -0.4 is 0 Å². The number of hydrogen-bond donors (Lipinski definition) is 0. The van der Waals surface area contributed by atoms with Crippen molar-refractivity contribution >= 4 is 11.8 Å². The Labute approximate surface area is 96.2 Å². The highest BCUT2D eigenvalue weighted by Gasteiger charge is 1.89. The molecule has 0 N–H and O–H groups in total. The molecule has 0 saturated heterocycles. The number of methoxy groups -OCH3 is 1. The number of esters is 1. The largest absolute Gasteiger partial charge is 0.466 e. The van der Waals surface area contributed by atoms with E-state index >= 15 is 0 Å². The molecule has 0 bridgehead atoms. The summed E-state index contributed by atoms with van der Waals surface area (Å²) in [4.78, 5) is 21.2. The normalized spacial score (nSPS) is 10.1. The van der Waals surface area contributed by atoms with Crippen LogP contribution in [0.1, 0.15) is 26.2 Å². The fourth-order valence-electron chi connectivity index (χ4n) is 0.863. The second-order valence-electron chi connectivity index (χ2n) is 3.12. The minimum Gasteiger partial charge on any atom is -0.466 e. The number of carbonyl (C=O) groups excluding carboxylic acids is 2. The lowest BCUT2D eigenvalue weighted by Crippen LogP contribution is -1.92. The molecule has 16 heavy (non-hydrogen) atoms. The number of ether oxygens (including phenoxy) is 1. The van der Waals surface area contributed by atoms with E-state index in [0.717, 1.165) is 6.42 Å². The average Bonchev–Trinajstić information content (AvgIpc) is 2.26. The van der Waals surface area contributed by atoms with E-state index in [1.54, 1.807) is 25.2 Å². The summed E-state index contributed by atoms with van der Waals surface area (Å²) in [6.07, 6.45) is 8.28. The fourth-order valence-corrected chi connectivity index (χ4v) is 0.863. The van der Waals surface area contributed by atoms with Gasteiger partial charge >= 0.3 is 5.97 Å². The van der Waals surface area contributed by atoms with Crippen molar-refractivity contribution in [1.29, 1.82) is 0 Å². The molecule has 0 aliphatic carbocycles.